The minimum absolute atomic E-state index is 0.0464. The van der Waals surface area contributed by atoms with Gasteiger partial charge < -0.3 is 19.5 Å². The number of carbonyl (C=O) groups is 3. The minimum atomic E-state index is -1.13. The molecule has 1 heterocycles. The topological polar surface area (TPSA) is 96.4 Å². The molecule has 0 radical (unpaired) electrons. The maximum atomic E-state index is 13.2. The van der Waals surface area contributed by atoms with Gasteiger partial charge in [-0.1, -0.05) is 48.5 Å². The maximum absolute atomic E-state index is 13.2. The predicted molar refractivity (Wildman–Crippen MR) is 135 cm³/mol. The van der Waals surface area contributed by atoms with E-state index in [1.807, 2.05) is 24.3 Å². The van der Waals surface area contributed by atoms with Gasteiger partial charge in [0.25, 0.3) is 0 Å². The largest absolute Gasteiger partial charge is 0.480 e. The Bertz CT molecular complexity index is 1080. The minimum Gasteiger partial charge on any atom is -0.480 e. The van der Waals surface area contributed by atoms with E-state index in [9.17, 15) is 19.5 Å². The lowest BCUT2D eigenvalue weighted by molar-refractivity contribution is -0.138. The first-order valence-electron chi connectivity index (χ1n) is 12.5. The fraction of sp³-hybridized carbons (Fsp3) is 0.464. The van der Waals surface area contributed by atoms with Gasteiger partial charge in [0, 0.05) is 19.0 Å². The maximum Gasteiger partial charge on any atom is 0.410 e. The zero-order chi connectivity index (χ0) is 25.9. The van der Waals surface area contributed by atoms with E-state index in [1.165, 1.54) is 0 Å². The average molecular weight is 495 g/mol. The number of likely N-dealkylation sites (tertiary alicyclic amines) is 1. The Morgan fingerprint density at radius 3 is 2.19 bits per heavy atom. The lowest BCUT2D eigenvalue weighted by atomic mass is 9.98. The first-order valence-corrected chi connectivity index (χ1v) is 12.5. The summed E-state index contributed by atoms with van der Waals surface area (Å²) in [5, 5.41) is 9.35. The Balaban J connectivity index is 1.46. The number of aliphatic carboxylic acids is 1. The molecule has 0 saturated carbocycles. The summed E-state index contributed by atoms with van der Waals surface area (Å²) in [5.41, 5.74) is 3.84. The van der Waals surface area contributed by atoms with Crippen molar-refractivity contribution < 1.29 is 29.0 Å². The Hall–Kier alpha value is -3.55. The number of hydrogen-bond donors (Lipinski definition) is 1. The van der Waals surface area contributed by atoms with Gasteiger partial charge in [-0.3, -0.25) is 9.69 Å². The molecular formula is C28H34N2O6. The van der Waals surface area contributed by atoms with E-state index in [4.69, 9.17) is 9.47 Å². The van der Waals surface area contributed by atoms with Crippen LogP contribution in [0.5, 0.6) is 0 Å². The van der Waals surface area contributed by atoms with Gasteiger partial charge >= 0.3 is 18.2 Å². The molecule has 8 nitrogen and oxygen atoms in total. The van der Waals surface area contributed by atoms with Crippen LogP contribution in [0.2, 0.25) is 0 Å². The summed E-state index contributed by atoms with van der Waals surface area (Å²) in [6.45, 7) is 5.47. The molecule has 0 spiro atoms. The van der Waals surface area contributed by atoms with Crippen LogP contribution >= 0.6 is 0 Å². The van der Waals surface area contributed by atoms with E-state index in [-0.39, 0.29) is 25.1 Å². The zero-order valence-electron chi connectivity index (χ0n) is 21.1. The second-order valence-corrected chi connectivity index (χ2v) is 10.4. The second-order valence-electron chi connectivity index (χ2n) is 10.4. The summed E-state index contributed by atoms with van der Waals surface area (Å²) in [7, 11) is 0. The molecule has 1 atom stereocenters. The number of carboxylic acid groups (broad SMARTS) is 1. The molecule has 4 rings (SSSR count). The molecular weight excluding hydrogens is 460 g/mol. The van der Waals surface area contributed by atoms with Crippen molar-refractivity contribution in [1.82, 2.24) is 9.80 Å². The van der Waals surface area contributed by atoms with Crippen molar-refractivity contribution in [3.05, 3.63) is 59.7 Å². The van der Waals surface area contributed by atoms with Gasteiger partial charge in [-0.2, -0.15) is 0 Å². The van der Waals surface area contributed by atoms with Crippen LogP contribution in [0.15, 0.2) is 48.5 Å². The Kier molecular flexibility index (Phi) is 7.52. The lowest BCUT2D eigenvalue weighted by Crippen LogP contribution is -2.52. The van der Waals surface area contributed by atoms with Crippen molar-refractivity contribution in [3.8, 4) is 11.1 Å². The molecule has 1 saturated heterocycles. The number of rotatable bonds is 6. The molecule has 1 N–H and O–H groups in total. The number of ether oxygens (including phenoxy) is 2. The first kappa shape index (κ1) is 25.5. The number of carbonyl (C=O) groups excluding carboxylic acids is 2. The molecule has 1 fully saturated rings. The number of hydrogen-bond acceptors (Lipinski definition) is 5. The number of fused-ring (bicyclic) bond motifs is 3. The molecule has 1 aliphatic heterocycles. The Labute approximate surface area is 211 Å². The molecule has 36 heavy (non-hydrogen) atoms. The Morgan fingerprint density at radius 1 is 1.00 bits per heavy atom. The second kappa shape index (κ2) is 10.6. The van der Waals surface area contributed by atoms with Gasteiger partial charge in [-0.15, -0.1) is 0 Å². The van der Waals surface area contributed by atoms with Gasteiger partial charge in [-0.05, 0) is 62.3 Å². The van der Waals surface area contributed by atoms with Gasteiger partial charge in [0.05, 0.1) is 6.04 Å². The summed E-state index contributed by atoms with van der Waals surface area (Å²) in [4.78, 5) is 40.2. The molecule has 2 aromatic carbocycles. The number of amides is 2. The lowest BCUT2D eigenvalue weighted by Gasteiger charge is -2.38. The van der Waals surface area contributed by atoms with Gasteiger partial charge in [0.2, 0.25) is 0 Å². The summed E-state index contributed by atoms with van der Waals surface area (Å²) in [6.07, 6.45) is 1.21. The van der Waals surface area contributed by atoms with Crippen LogP contribution in [0, 0.1) is 0 Å². The molecule has 2 aromatic rings. The molecule has 2 amide bonds. The normalized spacial score (nSPS) is 17.2. The standard InChI is InChI=1S/C28H34N2O6/c1-28(2,3)36-26(33)29(17-25(31)32)16-19-10-8-9-15-30(19)27(34)35-18-24-22-13-6-4-11-20(22)21-12-5-7-14-23(21)24/h4-7,11-14,19,24H,8-10,15-18H2,1-3H3,(H,31,32). The van der Waals surface area contributed by atoms with Gasteiger partial charge in [0.1, 0.15) is 18.8 Å². The van der Waals surface area contributed by atoms with E-state index in [0.29, 0.717) is 13.0 Å². The molecule has 8 heteroatoms. The molecule has 192 valence electrons. The highest BCUT2D eigenvalue weighted by atomic mass is 16.6. The zero-order valence-corrected chi connectivity index (χ0v) is 21.1. The third-order valence-electron chi connectivity index (χ3n) is 6.61. The summed E-state index contributed by atoms with van der Waals surface area (Å²) >= 11 is 0. The molecule has 1 aliphatic carbocycles. The van der Waals surface area contributed by atoms with Crippen LogP contribution in [-0.2, 0) is 14.3 Å². The van der Waals surface area contributed by atoms with E-state index >= 15 is 0 Å². The van der Waals surface area contributed by atoms with E-state index in [2.05, 4.69) is 24.3 Å². The highest BCUT2D eigenvalue weighted by molar-refractivity contribution is 5.79. The molecule has 1 unspecified atom stereocenters. The van der Waals surface area contributed by atoms with E-state index in [1.54, 1.807) is 25.7 Å². The van der Waals surface area contributed by atoms with Gasteiger partial charge in [-0.25, -0.2) is 9.59 Å². The highest BCUT2D eigenvalue weighted by Crippen LogP contribution is 2.44. The number of carboxylic acids is 1. The fourth-order valence-electron chi connectivity index (χ4n) is 5.06. The average Bonchev–Trinajstić information content (AvgIpc) is 3.15. The van der Waals surface area contributed by atoms with Crippen LogP contribution in [0.1, 0.15) is 57.1 Å². The number of nitrogens with zero attached hydrogens (tertiary/aromatic N) is 2. The summed E-state index contributed by atoms with van der Waals surface area (Å²) in [5.74, 6) is -1.18. The molecule has 2 aliphatic rings. The highest BCUT2D eigenvalue weighted by Gasteiger charge is 2.34. The van der Waals surface area contributed by atoms with Crippen LogP contribution in [-0.4, -0.2) is 70.9 Å². The fourth-order valence-corrected chi connectivity index (χ4v) is 5.06. The van der Waals surface area contributed by atoms with E-state index < -0.39 is 30.3 Å². The quantitative estimate of drug-likeness (QED) is 0.599. The van der Waals surface area contributed by atoms with Crippen LogP contribution in [0.4, 0.5) is 9.59 Å². The summed E-state index contributed by atoms with van der Waals surface area (Å²) < 4.78 is 11.3. The van der Waals surface area contributed by atoms with Crippen molar-refractivity contribution in [3.63, 3.8) is 0 Å². The first-order chi connectivity index (χ1) is 17.1. The number of piperidine rings is 1. The monoisotopic (exact) mass is 494 g/mol. The number of benzene rings is 2. The third kappa shape index (κ3) is 5.80. The third-order valence-corrected chi connectivity index (χ3v) is 6.61. The van der Waals surface area contributed by atoms with Crippen LogP contribution in [0.3, 0.4) is 0 Å². The smallest absolute Gasteiger partial charge is 0.410 e. The summed E-state index contributed by atoms with van der Waals surface area (Å²) in [6, 6.07) is 16.0. The van der Waals surface area contributed by atoms with Gasteiger partial charge in [0.15, 0.2) is 0 Å². The van der Waals surface area contributed by atoms with E-state index in [0.717, 1.165) is 40.0 Å². The van der Waals surface area contributed by atoms with Crippen molar-refractivity contribution >= 4 is 18.2 Å². The van der Waals surface area contributed by atoms with Crippen LogP contribution < -0.4 is 0 Å². The van der Waals surface area contributed by atoms with Crippen molar-refractivity contribution in [2.45, 2.75) is 57.6 Å². The van der Waals surface area contributed by atoms with Crippen molar-refractivity contribution in [2.75, 3.05) is 26.2 Å². The SMILES string of the molecule is CC(C)(C)OC(=O)N(CC(=O)O)CC1CCCCN1C(=O)OCC1c2ccccc2-c2ccccc21. The van der Waals surface area contributed by atoms with Crippen molar-refractivity contribution in [2.24, 2.45) is 0 Å². The van der Waals surface area contributed by atoms with Crippen LogP contribution in [0.25, 0.3) is 11.1 Å². The van der Waals surface area contributed by atoms with Crippen molar-refractivity contribution in [1.29, 1.82) is 0 Å². The molecule has 0 bridgehead atoms. The molecule has 0 aromatic heterocycles. The predicted octanol–water partition coefficient (Wildman–Crippen LogP) is 5.11. The Morgan fingerprint density at radius 2 is 1.61 bits per heavy atom.